The van der Waals surface area contributed by atoms with E-state index in [-0.39, 0.29) is 16.5 Å². The summed E-state index contributed by atoms with van der Waals surface area (Å²) >= 11 is 5.43. The van der Waals surface area contributed by atoms with Crippen LogP contribution in [0.3, 0.4) is 0 Å². The Bertz CT molecular complexity index is 300. The van der Waals surface area contributed by atoms with Gasteiger partial charge in [0.25, 0.3) is 0 Å². The first-order valence-electron chi connectivity index (χ1n) is 2.94. The van der Waals surface area contributed by atoms with Crippen LogP contribution in [-0.2, 0) is 0 Å². The number of aromatic nitrogens is 1. The van der Waals surface area contributed by atoms with Crippen LogP contribution >= 0.6 is 11.6 Å². The summed E-state index contributed by atoms with van der Waals surface area (Å²) in [6, 6.07) is 1.11. The van der Waals surface area contributed by atoms with Crippen LogP contribution in [0.1, 0.15) is 17.4 Å². The maximum absolute atomic E-state index is 12.6. The van der Waals surface area contributed by atoms with E-state index >= 15 is 0 Å². The van der Waals surface area contributed by atoms with Crippen molar-refractivity contribution in [3.05, 3.63) is 28.8 Å². The molecule has 0 radical (unpaired) electrons. The third kappa shape index (κ3) is 1.54. The highest BCUT2D eigenvalue weighted by Crippen LogP contribution is 2.17. The van der Waals surface area contributed by atoms with Gasteiger partial charge >= 0.3 is 0 Å². The number of nitrogens with zero attached hydrogens (tertiary/aromatic N) is 1. The minimum atomic E-state index is -0.619. The van der Waals surface area contributed by atoms with E-state index in [0.717, 1.165) is 6.07 Å². The molecule has 0 saturated heterocycles. The van der Waals surface area contributed by atoms with Crippen LogP contribution in [0.25, 0.3) is 0 Å². The van der Waals surface area contributed by atoms with Crippen LogP contribution in [0.15, 0.2) is 12.3 Å². The summed E-state index contributed by atoms with van der Waals surface area (Å²) in [5.74, 6) is -0.957. The molecule has 1 aromatic heterocycles. The van der Waals surface area contributed by atoms with Crippen molar-refractivity contribution in [2.45, 2.75) is 6.92 Å². The molecule has 58 valence electrons. The molecule has 0 saturated carbocycles. The van der Waals surface area contributed by atoms with E-state index in [1.807, 2.05) is 0 Å². The molecule has 0 aliphatic heterocycles. The van der Waals surface area contributed by atoms with Crippen molar-refractivity contribution in [2.24, 2.45) is 0 Å². The molecule has 4 heteroatoms. The third-order valence-corrected chi connectivity index (χ3v) is 1.54. The van der Waals surface area contributed by atoms with Crippen LogP contribution in [0.2, 0.25) is 5.02 Å². The van der Waals surface area contributed by atoms with Crippen molar-refractivity contribution in [2.75, 3.05) is 0 Å². The Morgan fingerprint density at radius 2 is 2.36 bits per heavy atom. The number of halogens is 2. The largest absolute Gasteiger partial charge is 0.293 e. The Kier molecular flexibility index (Phi) is 2.19. The topological polar surface area (TPSA) is 30.0 Å². The van der Waals surface area contributed by atoms with E-state index in [1.54, 1.807) is 0 Å². The predicted molar refractivity (Wildman–Crippen MR) is 39.2 cm³/mol. The second-order valence-corrected chi connectivity index (χ2v) is 2.39. The van der Waals surface area contributed by atoms with Gasteiger partial charge in [0.2, 0.25) is 0 Å². The van der Waals surface area contributed by atoms with Gasteiger partial charge < -0.3 is 0 Å². The zero-order valence-electron chi connectivity index (χ0n) is 5.77. The van der Waals surface area contributed by atoms with Crippen molar-refractivity contribution in [3.63, 3.8) is 0 Å². The first kappa shape index (κ1) is 8.14. The number of carbonyl (C=O) groups excluding carboxylic acids is 1. The Hall–Kier alpha value is -0.960. The van der Waals surface area contributed by atoms with E-state index in [9.17, 15) is 9.18 Å². The van der Waals surface area contributed by atoms with Crippen LogP contribution in [-0.4, -0.2) is 10.8 Å². The zero-order chi connectivity index (χ0) is 8.43. The van der Waals surface area contributed by atoms with Crippen LogP contribution in [0.5, 0.6) is 0 Å². The molecule has 0 unspecified atom stereocenters. The van der Waals surface area contributed by atoms with Gasteiger partial charge in [-0.2, -0.15) is 0 Å². The molecule has 2 nitrogen and oxygen atoms in total. The fourth-order valence-corrected chi connectivity index (χ4v) is 0.910. The molecule has 1 aromatic rings. The molecule has 0 atom stereocenters. The molecule has 11 heavy (non-hydrogen) atoms. The van der Waals surface area contributed by atoms with Crippen molar-refractivity contribution < 1.29 is 9.18 Å². The highest BCUT2D eigenvalue weighted by molar-refractivity contribution is 6.33. The summed E-state index contributed by atoms with van der Waals surface area (Å²) in [4.78, 5) is 14.3. The summed E-state index contributed by atoms with van der Waals surface area (Å²) < 4.78 is 12.6. The Morgan fingerprint density at radius 3 is 2.82 bits per heavy atom. The molecule has 0 bridgehead atoms. The van der Waals surface area contributed by atoms with Gasteiger partial charge in [-0.05, 0) is 6.07 Å². The fourth-order valence-electron chi connectivity index (χ4n) is 0.666. The maximum atomic E-state index is 12.6. The van der Waals surface area contributed by atoms with Gasteiger partial charge in [-0.25, -0.2) is 4.39 Å². The fraction of sp³-hybridized carbons (Fsp3) is 0.143. The van der Waals surface area contributed by atoms with Gasteiger partial charge in [-0.15, -0.1) is 0 Å². The molecule has 0 aromatic carbocycles. The van der Waals surface area contributed by atoms with Gasteiger partial charge in [0.05, 0.1) is 0 Å². The molecule has 0 aliphatic rings. The quantitative estimate of drug-likeness (QED) is 0.609. The number of Topliss-reactive ketones (excluding diaryl/α,β-unsaturated/α-hetero) is 1. The molecular formula is C7H5ClFNO. The van der Waals surface area contributed by atoms with Crippen LogP contribution in [0, 0.1) is 5.82 Å². The number of pyridine rings is 1. The SMILES string of the molecule is CC(=O)c1nccc(F)c1Cl. The van der Waals surface area contributed by atoms with Gasteiger partial charge in [-0.1, -0.05) is 11.6 Å². The standard InChI is InChI=1S/C7H5ClFNO/c1-4(11)7-6(8)5(9)2-3-10-7/h2-3H,1H3. The van der Waals surface area contributed by atoms with E-state index in [1.165, 1.54) is 13.1 Å². The molecule has 0 fully saturated rings. The summed E-state index contributed by atoms with van der Waals surface area (Å²) in [6.45, 7) is 1.29. The van der Waals surface area contributed by atoms with E-state index in [2.05, 4.69) is 4.98 Å². The lowest BCUT2D eigenvalue weighted by Crippen LogP contribution is -1.98. The minimum Gasteiger partial charge on any atom is -0.293 e. The molecule has 1 rings (SSSR count). The Morgan fingerprint density at radius 1 is 1.73 bits per heavy atom. The van der Waals surface area contributed by atoms with Crippen LogP contribution in [0.4, 0.5) is 4.39 Å². The van der Waals surface area contributed by atoms with E-state index in [4.69, 9.17) is 11.6 Å². The molecule has 1 heterocycles. The Balaban J connectivity index is 3.27. The number of hydrogen-bond donors (Lipinski definition) is 0. The summed E-state index contributed by atoms with van der Waals surface area (Å²) in [7, 11) is 0. The van der Waals surface area contributed by atoms with Crippen LogP contribution < -0.4 is 0 Å². The maximum Gasteiger partial charge on any atom is 0.179 e. The van der Waals surface area contributed by atoms with Crippen molar-refractivity contribution in [3.8, 4) is 0 Å². The van der Waals surface area contributed by atoms with Gasteiger partial charge in [0, 0.05) is 13.1 Å². The smallest absolute Gasteiger partial charge is 0.179 e. The highest BCUT2D eigenvalue weighted by atomic mass is 35.5. The number of carbonyl (C=O) groups is 1. The van der Waals surface area contributed by atoms with Gasteiger partial charge in [-0.3, -0.25) is 9.78 Å². The van der Waals surface area contributed by atoms with Gasteiger partial charge in [0.15, 0.2) is 5.78 Å². The number of rotatable bonds is 1. The molecule has 0 spiro atoms. The summed E-state index contributed by atoms with van der Waals surface area (Å²) in [6.07, 6.45) is 1.21. The normalized spacial score (nSPS) is 9.73. The lowest BCUT2D eigenvalue weighted by molar-refractivity contribution is 0.101. The highest BCUT2D eigenvalue weighted by Gasteiger charge is 2.10. The van der Waals surface area contributed by atoms with Crippen molar-refractivity contribution in [1.29, 1.82) is 0 Å². The molecule has 0 aliphatic carbocycles. The number of hydrogen-bond acceptors (Lipinski definition) is 2. The molecular weight excluding hydrogens is 169 g/mol. The average Bonchev–Trinajstić information content (AvgIpc) is 1.94. The first-order chi connectivity index (χ1) is 5.13. The van der Waals surface area contributed by atoms with E-state index in [0.29, 0.717) is 0 Å². The summed E-state index contributed by atoms with van der Waals surface area (Å²) in [5.41, 5.74) is -0.0216. The third-order valence-electron chi connectivity index (χ3n) is 1.18. The average molecular weight is 174 g/mol. The number of ketones is 1. The van der Waals surface area contributed by atoms with E-state index < -0.39 is 5.82 Å². The van der Waals surface area contributed by atoms with Crippen molar-refractivity contribution >= 4 is 17.4 Å². The lowest BCUT2D eigenvalue weighted by Gasteiger charge is -1.97. The molecule has 0 N–H and O–H groups in total. The monoisotopic (exact) mass is 173 g/mol. The zero-order valence-corrected chi connectivity index (χ0v) is 6.52. The molecule has 0 amide bonds. The van der Waals surface area contributed by atoms with Gasteiger partial charge in [0.1, 0.15) is 16.5 Å². The Labute approximate surface area is 68.0 Å². The first-order valence-corrected chi connectivity index (χ1v) is 3.31. The second kappa shape index (κ2) is 2.96. The van der Waals surface area contributed by atoms with Crippen molar-refractivity contribution in [1.82, 2.24) is 4.98 Å². The minimum absolute atomic E-state index is 0.0216. The summed E-state index contributed by atoms with van der Waals surface area (Å²) in [5, 5.41) is -0.208. The lowest BCUT2D eigenvalue weighted by atomic mass is 10.3. The predicted octanol–water partition coefficient (Wildman–Crippen LogP) is 2.08. The second-order valence-electron chi connectivity index (χ2n) is 2.01.